The van der Waals surface area contributed by atoms with Gasteiger partial charge in [-0.15, -0.1) is 12.3 Å². The van der Waals surface area contributed by atoms with E-state index in [1.54, 1.807) is 0 Å². The molecule has 0 fully saturated rings. The third-order valence-corrected chi connectivity index (χ3v) is 10.4. The SMILES string of the molecule is C=C[Si](C)(C)CCC[Si](I)(I)I. The Bertz CT molecular complexity index is 151. The molecular weight excluding hydrogens is 521 g/mol. The van der Waals surface area contributed by atoms with Gasteiger partial charge in [-0.3, -0.25) is 0 Å². The van der Waals surface area contributed by atoms with Crippen molar-refractivity contribution in [1.82, 2.24) is 0 Å². The van der Waals surface area contributed by atoms with Gasteiger partial charge in [-0.2, -0.15) is 0 Å². The summed E-state index contributed by atoms with van der Waals surface area (Å²) >= 11 is 7.93. The van der Waals surface area contributed by atoms with Crippen molar-refractivity contribution in [2.24, 2.45) is 0 Å². The molecule has 0 amide bonds. The molecule has 0 saturated heterocycles. The Kier molecular flexibility index (Phi) is 7.25. The van der Waals surface area contributed by atoms with Gasteiger partial charge in [-0.25, -0.2) is 0 Å². The summed E-state index contributed by atoms with van der Waals surface area (Å²) in [6.07, 6.45) is 1.41. The van der Waals surface area contributed by atoms with Crippen LogP contribution in [0.5, 0.6) is 0 Å². The molecule has 0 aromatic heterocycles. The van der Waals surface area contributed by atoms with Gasteiger partial charge in [0.15, 0.2) is 0 Å². The van der Waals surface area contributed by atoms with Crippen molar-refractivity contribution in [2.45, 2.75) is 31.6 Å². The molecule has 0 N–H and O–H groups in total. The summed E-state index contributed by atoms with van der Waals surface area (Å²) in [5, 5.41) is 0. The zero-order chi connectivity index (χ0) is 9.83. The molecular formula is C7H15I3Si2. The van der Waals surface area contributed by atoms with E-state index in [1.165, 1.54) is 18.5 Å². The van der Waals surface area contributed by atoms with Gasteiger partial charge in [0, 0.05) is 0 Å². The monoisotopic (exact) mass is 536 g/mol. The van der Waals surface area contributed by atoms with Crippen LogP contribution in [-0.2, 0) is 0 Å². The molecule has 0 rings (SSSR count). The maximum Gasteiger partial charge on any atom is 0.253 e. The minimum Gasteiger partial charge on any atom is -0.107 e. The van der Waals surface area contributed by atoms with Gasteiger partial charge in [0.05, 0.1) is 8.07 Å². The van der Waals surface area contributed by atoms with E-state index < -0.39 is 8.64 Å². The highest BCUT2D eigenvalue weighted by Crippen LogP contribution is 2.36. The quantitative estimate of drug-likeness (QED) is 0.262. The van der Waals surface area contributed by atoms with Gasteiger partial charge in [0.1, 0.15) is 0 Å². The highest BCUT2D eigenvalue weighted by atomic mass is 127. The van der Waals surface area contributed by atoms with Crippen LogP contribution in [0.4, 0.5) is 0 Å². The predicted molar refractivity (Wildman–Crippen MR) is 89.7 cm³/mol. The van der Waals surface area contributed by atoms with Crippen LogP contribution in [-0.4, -0.2) is 8.64 Å². The molecule has 0 atom stereocenters. The molecule has 0 heterocycles. The van der Waals surface area contributed by atoms with Crippen molar-refractivity contribution in [1.29, 1.82) is 0 Å². The van der Waals surface area contributed by atoms with Gasteiger partial charge < -0.3 is 0 Å². The highest BCUT2D eigenvalue weighted by Gasteiger charge is 2.23. The number of hydrogen-bond donors (Lipinski definition) is 0. The highest BCUT2D eigenvalue weighted by molar-refractivity contribution is 14.4. The van der Waals surface area contributed by atoms with Crippen LogP contribution in [0.2, 0.25) is 25.2 Å². The molecule has 0 saturated carbocycles. The van der Waals surface area contributed by atoms with E-state index >= 15 is 0 Å². The number of rotatable bonds is 5. The molecule has 0 bridgehead atoms. The molecule has 0 nitrogen and oxygen atoms in total. The predicted octanol–water partition coefficient (Wildman–Crippen LogP) is 5.05. The van der Waals surface area contributed by atoms with E-state index in [1.807, 2.05) is 0 Å². The molecule has 0 unspecified atom stereocenters. The molecule has 12 heavy (non-hydrogen) atoms. The van der Waals surface area contributed by atoms with E-state index in [0.29, 0.717) is 0 Å². The van der Waals surface area contributed by atoms with Crippen LogP contribution in [0, 0.1) is 0 Å². The molecule has 0 aliphatic carbocycles. The number of halogens is 3. The lowest BCUT2D eigenvalue weighted by molar-refractivity contribution is 1.05. The Hall–Kier alpha value is 2.36. The average Bonchev–Trinajstić information content (AvgIpc) is 1.84. The van der Waals surface area contributed by atoms with Gasteiger partial charge in [0.2, 0.25) is 0 Å². The summed E-state index contributed by atoms with van der Waals surface area (Å²) < 4.78 is -0.872. The second kappa shape index (κ2) is 6.06. The lowest BCUT2D eigenvalue weighted by Gasteiger charge is -2.18. The fourth-order valence-corrected chi connectivity index (χ4v) is 6.50. The Morgan fingerprint density at radius 1 is 1.17 bits per heavy atom. The van der Waals surface area contributed by atoms with Gasteiger partial charge in [-0.1, -0.05) is 91.0 Å². The minimum absolute atomic E-state index is 0.872. The van der Waals surface area contributed by atoms with Crippen LogP contribution in [0.3, 0.4) is 0 Å². The maximum absolute atomic E-state index is 3.91. The average molecular weight is 536 g/mol. The lowest BCUT2D eigenvalue weighted by Crippen LogP contribution is -2.22. The van der Waals surface area contributed by atoms with Crippen molar-refractivity contribution in [2.75, 3.05) is 0 Å². The maximum atomic E-state index is 3.91. The third-order valence-electron chi connectivity index (χ3n) is 1.83. The first-order valence-corrected chi connectivity index (χ1v) is 18.8. The molecule has 0 aromatic carbocycles. The summed E-state index contributed by atoms with van der Waals surface area (Å²) in [4.78, 5) is 0. The summed E-state index contributed by atoms with van der Waals surface area (Å²) in [6, 6.07) is 2.86. The molecule has 0 aromatic rings. The van der Waals surface area contributed by atoms with E-state index in [9.17, 15) is 0 Å². The molecule has 0 radical (unpaired) electrons. The van der Waals surface area contributed by atoms with Crippen LogP contribution >= 0.6 is 65.4 Å². The van der Waals surface area contributed by atoms with Crippen LogP contribution < -0.4 is 0 Å². The Balaban J connectivity index is 3.64. The van der Waals surface area contributed by atoms with Crippen molar-refractivity contribution in [3.05, 3.63) is 12.3 Å². The summed E-state index contributed by atoms with van der Waals surface area (Å²) in [5.41, 5.74) is 2.21. The Labute approximate surface area is 116 Å². The van der Waals surface area contributed by atoms with Gasteiger partial charge in [0.25, 0.3) is 0.564 Å². The lowest BCUT2D eigenvalue weighted by atomic mass is 10.6. The second-order valence-electron chi connectivity index (χ2n) is 3.66. The Morgan fingerprint density at radius 3 is 2.00 bits per heavy atom. The first-order valence-electron chi connectivity index (χ1n) is 3.97. The van der Waals surface area contributed by atoms with Crippen molar-refractivity contribution in [3.63, 3.8) is 0 Å². The fourth-order valence-electron chi connectivity index (χ4n) is 0.847. The van der Waals surface area contributed by atoms with Crippen molar-refractivity contribution >= 4 is 74.0 Å². The van der Waals surface area contributed by atoms with Crippen molar-refractivity contribution in [3.8, 4) is 0 Å². The topological polar surface area (TPSA) is 0 Å². The van der Waals surface area contributed by atoms with Crippen LogP contribution in [0.1, 0.15) is 6.42 Å². The van der Waals surface area contributed by atoms with E-state index in [-0.39, 0.29) is 0 Å². The van der Waals surface area contributed by atoms with E-state index in [2.05, 4.69) is 90.8 Å². The molecule has 0 spiro atoms. The summed E-state index contributed by atoms with van der Waals surface area (Å²) in [5.74, 6) is 0. The van der Waals surface area contributed by atoms with E-state index in [4.69, 9.17) is 0 Å². The molecule has 5 heteroatoms. The third kappa shape index (κ3) is 8.94. The standard InChI is InChI=1S/C7H15I3Si2/c1-4-11(2,3)6-5-7-12(8,9)10/h4H,1,5-7H2,2-3H3. The van der Waals surface area contributed by atoms with Crippen molar-refractivity contribution < 1.29 is 0 Å². The zero-order valence-electron chi connectivity index (χ0n) is 7.54. The first kappa shape index (κ1) is 14.4. The fraction of sp³-hybridized carbons (Fsp3) is 0.714. The molecule has 0 aliphatic rings. The smallest absolute Gasteiger partial charge is 0.107 e. The Morgan fingerprint density at radius 2 is 1.67 bits per heavy atom. The normalized spacial score (nSPS) is 13.1. The van der Waals surface area contributed by atoms with Crippen LogP contribution in [0.25, 0.3) is 0 Å². The first-order chi connectivity index (χ1) is 5.27. The second-order valence-corrected chi connectivity index (χ2v) is 45.4. The van der Waals surface area contributed by atoms with Gasteiger partial charge in [-0.05, 0) is 6.04 Å². The number of hydrogen-bond acceptors (Lipinski definition) is 0. The van der Waals surface area contributed by atoms with Crippen LogP contribution in [0.15, 0.2) is 12.3 Å². The summed E-state index contributed by atoms with van der Waals surface area (Å²) in [7, 11) is -1.00. The molecule has 0 aliphatic heterocycles. The minimum atomic E-state index is -1.00. The van der Waals surface area contributed by atoms with Gasteiger partial charge >= 0.3 is 0 Å². The molecule has 72 valence electrons. The summed E-state index contributed by atoms with van der Waals surface area (Å²) in [6.45, 7) is 8.71. The largest absolute Gasteiger partial charge is 0.253 e. The zero-order valence-corrected chi connectivity index (χ0v) is 16.0. The van der Waals surface area contributed by atoms with E-state index in [0.717, 1.165) is 0 Å².